The third kappa shape index (κ3) is 2.87. The summed E-state index contributed by atoms with van der Waals surface area (Å²) in [5.74, 6) is 3.34. The zero-order valence-electron chi connectivity index (χ0n) is 19.7. The van der Waals surface area contributed by atoms with Gasteiger partial charge in [-0.2, -0.15) is 0 Å². The molecule has 5 fully saturated rings. The topological polar surface area (TPSA) is 32.3 Å². The Morgan fingerprint density at radius 3 is 2.31 bits per heavy atom. The van der Waals surface area contributed by atoms with Crippen molar-refractivity contribution >= 4 is 0 Å². The zero-order valence-corrected chi connectivity index (χ0v) is 19.7. The molecule has 8 atom stereocenters. The van der Waals surface area contributed by atoms with Crippen molar-refractivity contribution in [2.24, 2.45) is 34.5 Å². The summed E-state index contributed by atoms with van der Waals surface area (Å²) in [6.45, 7) is 16.4. The first-order valence-corrected chi connectivity index (χ1v) is 12.6. The number of nitrogens with one attached hydrogen (secondary N) is 1. The number of rotatable bonds is 0. The minimum atomic E-state index is -0.449. The van der Waals surface area contributed by atoms with Crippen LogP contribution in [0.5, 0.6) is 0 Å². The number of piperidine rings is 1. The van der Waals surface area contributed by atoms with E-state index < -0.39 is 5.60 Å². The minimum Gasteiger partial charge on any atom is -0.390 e. The summed E-state index contributed by atoms with van der Waals surface area (Å²) in [6, 6.07) is 0. The molecule has 4 aliphatic carbocycles. The van der Waals surface area contributed by atoms with Crippen LogP contribution in [0.25, 0.3) is 0 Å². The molecule has 2 N–H and O–H groups in total. The standard InChI is InChI=1S/C27H45NO/c1-18-15-23(2,3)28-27(16-18)14-13-24(4)19(17-27)7-8-20-21(24)9-11-25(5)22(20)10-12-26(25,6)29/h19-22,28-29H,1,7-17H2,2-6H3. The number of aliphatic hydroxyl groups is 1. The second-order valence-electron chi connectivity index (χ2n) is 13.5. The maximum Gasteiger partial charge on any atom is 0.0675 e. The Hall–Kier alpha value is -0.340. The summed E-state index contributed by atoms with van der Waals surface area (Å²) in [5.41, 5.74) is 2.18. The van der Waals surface area contributed by atoms with Gasteiger partial charge in [0.1, 0.15) is 0 Å². The third-order valence-electron chi connectivity index (χ3n) is 11.3. The lowest BCUT2D eigenvalue weighted by molar-refractivity contribution is -0.153. The molecule has 0 aromatic rings. The van der Waals surface area contributed by atoms with Crippen LogP contribution in [0.1, 0.15) is 105 Å². The molecular formula is C27H45NO. The third-order valence-corrected chi connectivity index (χ3v) is 11.3. The molecule has 5 rings (SSSR count). The van der Waals surface area contributed by atoms with Gasteiger partial charge in [0, 0.05) is 11.1 Å². The van der Waals surface area contributed by atoms with Gasteiger partial charge in [0.05, 0.1) is 5.60 Å². The van der Waals surface area contributed by atoms with Crippen LogP contribution >= 0.6 is 0 Å². The fourth-order valence-corrected chi connectivity index (χ4v) is 9.83. The molecule has 0 radical (unpaired) electrons. The van der Waals surface area contributed by atoms with Crippen LogP contribution in [-0.4, -0.2) is 21.8 Å². The molecule has 2 nitrogen and oxygen atoms in total. The van der Waals surface area contributed by atoms with Gasteiger partial charge in [0.25, 0.3) is 0 Å². The van der Waals surface area contributed by atoms with Crippen LogP contribution in [0.15, 0.2) is 12.2 Å². The molecule has 0 aromatic carbocycles. The number of fused-ring (bicyclic) bond motifs is 5. The molecule has 1 spiro atoms. The van der Waals surface area contributed by atoms with E-state index in [1.807, 2.05) is 0 Å². The molecule has 4 saturated carbocycles. The lowest BCUT2D eigenvalue weighted by atomic mass is 9.43. The van der Waals surface area contributed by atoms with Gasteiger partial charge in [0.2, 0.25) is 0 Å². The Bertz CT molecular complexity index is 709. The van der Waals surface area contributed by atoms with E-state index in [-0.39, 0.29) is 11.0 Å². The first-order valence-electron chi connectivity index (χ1n) is 12.6. The maximum absolute atomic E-state index is 11.2. The van der Waals surface area contributed by atoms with Crippen molar-refractivity contribution < 1.29 is 5.11 Å². The highest BCUT2D eigenvalue weighted by molar-refractivity contribution is 5.20. The molecule has 164 valence electrons. The van der Waals surface area contributed by atoms with Gasteiger partial charge in [-0.3, -0.25) is 0 Å². The van der Waals surface area contributed by atoms with Crippen molar-refractivity contribution in [2.45, 2.75) is 122 Å². The predicted molar refractivity (Wildman–Crippen MR) is 121 cm³/mol. The van der Waals surface area contributed by atoms with Crippen LogP contribution in [0, 0.1) is 34.5 Å². The molecule has 5 aliphatic rings. The van der Waals surface area contributed by atoms with Crippen molar-refractivity contribution in [1.29, 1.82) is 0 Å². The van der Waals surface area contributed by atoms with E-state index in [4.69, 9.17) is 0 Å². The van der Waals surface area contributed by atoms with E-state index >= 15 is 0 Å². The van der Waals surface area contributed by atoms with Gasteiger partial charge < -0.3 is 10.4 Å². The fourth-order valence-electron chi connectivity index (χ4n) is 9.83. The first-order chi connectivity index (χ1) is 13.4. The average molecular weight is 400 g/mol. The van der Waals surface area contributed by atoms with E-state index in [0.717, 1.165) is 36.5 Å². The smallest absolute Gasteiger partial charge is 0.0675 e. The normalized spacial score (nSPS) is 56.6. The zero-order chi connectivity index (χ0) is 20.9. The lowest BCUT2D eigenvalue weighted by Gasteiger charge is -2.64. The van der Waals surface area contributed by atoms with Crippen molar-refractivity contribution in [3.8, 4) is 0 Å². The predicted octanol–water partition coefficient (Wildman–Crippen LogP) is 6.24. The van der Waals surface area contributed by atoms with Gasteiger partial charge in [-0.15, -0.1) is 0 Å². The van der Waals surface area contributed by atoms with Crippen molar-refractivity contribution in [3.63, 3.8) is 0 Å². The van der Waals surface area contributed by atoms with Crippen molar-refractivity contribution in [3.05, 3.63) is 12.2 Å². The number of hydrogen-bond acceptors (Lipinski definition) is 2. The highest BCUT2D eigenvalue weighted by atomic mass is 16.3. The molecule has 1 heterocycles. The van der Waals surface area contributed by atoms with E-state index in [1.165, 1.54) is 63.4 Å². The summed E-state index contributed by atoms with van der Waals surface area (Å²) in [4.78, 5) is 0. The van der Waals surface area contributed by atoms with Gasteiger partial charge >= 0.3 is 0 Å². The van der Waals surface area contributed by atoms with Gasteiger partial charge in [-0.25, -0.2) is 0 Å². The summed E-state index contributed by atoms with van der Waals surface area (Å²) in [6.07, 6.45) is 14.1. The first kappa shape index (κ1) is 20.6. The molecule has 0 aromatic heterocycles. The van der Waals surface area contributed by atoms with E-state index in [2.05, 4.69) is 46.5 Å². The SMILES string of the molecule is C=C1CC(C)(C)NC2(CCC3(C)C(CCC4C3CCC3(C)C4CCC3(C)O)C2)C1. The Labute approximate surface area is 179 Å². The molecule has 0 bridgehead atoms. The molecular weight excluding hydrogens is 354 g/mol. The summed E-state index contributed by atoms with van der Waals surface area (Å²) in [7, 11) is 0. The molecule has 29 heavy (non-hydrogen) atoms. The molecule has 8 unspecified atom stereocenters. The van der Waals surface area contributed by atoms with Gasteiger partial charge in [0.15, 0.2) is 0 Å². The van der Waals surface area contributed by atoms with Crippen LogP contribution < -0.4 is 5.32 Å². The van der Waals surface area contributed by atoms with Crippen molar-refractivity contribution in [1.82, 2.24) is 5.32 Å². The van der Waals surface area contributed by atoms with E-state index in [1.54, 1.807) is 0 Å². The summed E-state index contributed by atoms with van der Waals surface area (Å²) in [5, 5.41) is 15.3. The quantitative estimate of drug-likeness (QED) is 0.473. The Morgan fingerprint density at radius 2 is 1.59 bits per heavy atom. The second kappa shape index (κ2) is 6.12. The highest BCUT2D eigenvalue weighted by Gasteiger charge is 2.64. The van der Waals surface area contributed by atoms with Gasteiger partial charge in [-0.1, -0.05) is 26.0 Å². The Kier molecular flexibility index (Phi) is 4.34. The highest BCUT2D eigenvalue weighted by Crippen LogP contribution is 2.69. The van der Waals surface area contributed by atoms with E-state index in [9.17, 15) is 5.11 Å². The summed E-state index contributed by atoms with van der Waals surface area (Å²) >= 11 is 0. The molecule has 1 aliphatic heterocycles. The minimum absolute atomic E-state index is 0.153. The van der Waals surface area contributed by atoms with Crippen LogP contribution in [0.4, 0.5) is 0 Å². The van der Waals surface area contributed by atoms with E-state index in [0.29, 0.717) is 11.0 Å². The lowest BCUT2D eigenvalue weighted by Crippen LogP contribution is -2.64. The van der Waals surface area contributed by atoms with Gasteiger partial charge in [-0.05, 0) is 126 Å². The number of hydrogen-bond donors (Lipinski definition) is 2. The maximum atomic E-state index is 11.2. The van der Waals surface area contributed by atoms with Crippen LogP contribution in [-0.2, 0) is 0 Å². The molecule has 0 amide bonds. The Morgan fingerprint density at radius 1 is 0.862 bits per heavy atom. The monoisotopic (exact) mass is 399 g/mol. The summed E-state index contributed by atoms with van der Waals surface area (Å²) < 4.78 is 0. The molecule has 2 heteroatoms. The second-order valence-corrected chi connectivity index (χ2v) is 13.5. The van der Waals surface area contributed by atoms with Crippen molar-refractivity contribution in [2.75, 3.05) is 0 Å². The fraction of sp³-hybridized carbons (Fsp3) is 0.926. The Balaban J connectivity index is 1.39. The largest absolute Gasteiger partial charge is 0.390 e. The average Bonchev–Trinajstić information content (AvgIpc) is 2.84. The molecule has 1 saturated heterocycles. The van der Waals surface area contributed by atoms with Crippen LogP contribution in [0.2, 0.25) is 0 Å². The van der Waals surface area contributed by atoms with Crippen LogP contribution in [0.3, 0.4) is 0 Å².